The Morgan fingerprint density at radius 1 is 1.34 bits per heavy atom. The van der Waals surface area contributed by atoms with Crippen LogP contribution in [0.4, 0.5) is 0 Å². The molecule has 1 aromatic heterocycles. The number of amides is 1. The predicted octanol–water partition coefficient (Wildman–Crippen LogP) is 2.74. The van der Waals surface area contributed by atoms with E-state index in [1.54, 1.807) is 22.7 Å². The molecular weight excluding hydrogens is 414 g/mol. The monoisotopic (exact) mass is 437 g/mol. The predicted molar refractivity (Wildman–Crippen MR) is 111 cm³/mol. The number of aryl methyl sites for hydroxylation is 2. The molecule has 0 spiro atoms. The molecule has 0 bridgehead atoms. The first-order valence-corrected chi connectivity index (χ1v) is 11.3. The number of nitrogens with zero attached hydrogens (tertiary/aromatic N) is 3. The molecule has 1 saturated heterocycles. The lowest BCUT2D eigenvalue weighted by Crippen LogP contribution is -2.28. The van der Waals surface area contributed by atoms with E-state index in [0.29, 0.717) is 12.3 Å². The molecule has 1 fully saturated rings. The molecule has 0 unspecified atom stereocenters. The van der Waals surface area contributed by atoms with E-state index in [2.05, 4.69) is 5.16 Å². The smallest absolute Gasteiger partial charge is 0.258 e. The Bertz CT molecular complexity index is 1050. The molecule has 1 amide bonds. The molecule has 0 radical (unpaired) electrons. The van der Waals surface area contributed by atoms with Gasteiger partial charge in [-0.15, -0.1) is 11.8 Å². The average Bonchev–Trinajstić information content (AvgIpc) is 3.28. The highest BCUT2D eigenvalue weighted by atomic mass is 32.2. The third-order valence-corrected chi connectivity index (χ3v) is 7.46. The van der Waals surface area contributed by atoms with Crippen molar-refractivity contribution in [1.29, 1.82) is 0 Å². The van der Waals surface area contributed by atoms with Gasteiger partial charge in [-0.2, -0.15) is 0 Å². The highest BCUT2D eigenvalue weighted by molar-refractivity contribution is 8.03. The van der Waals surface area contributed by atoms with Crippen molar-refractivity contribution in [2.75, 3.05) is 33.5 Å². The maximum absolute atomic E-state index is 13.2. The Balaban J connectivity index is 2.00. The Hall–Kier alpha value is -2.30. The van der Waals surface area contributed by atoms with Crippen molar-refractivity contribution in [2.45, 2.75) is 18.7 Å². The van der Waals surface area contributed by atoms with Crippen LogP contribution in [0.2, 0.25) is 0 Å². The third kappa shape index (κ3) is 4.05. The first kappa shape index (κ1) is 21.4. The van der Waals surface area contributed by atoms with Gasteiger partial charge < -0.3 is 14.2 Å². The number of methoxy groups -OCH3 is 1. The molecule has 156 valence electrons. The van der Waals surface area contributed by atoms with Crippen LogP contribution >= 0.6 is 11.8 Å². The second-order valence-electron chi connectivity index (χ2n) is 6.68. The number of rotatable bonds is 5. The standard InChI is InChI=1S/C19H23N3O5S2/c1-12-15(13(2)27-20-12)11-18-22(8-9-28-18)19(23)14-6-7-16(26-5)17(10-14)29(24,25)21(3)4/h6-7,10-11H,8-9H2,1-5H3/b18-11+. The summed E-state index contributed by atoms with van der Waals surface area (Å²) in [6, 6.07) is 4.45. The topological polar surface area (TPSA) is 93.0 Å². The van der Waals surface area contributed by atoms with Crippen molar-refractivity contribution in [3.05, 3.63) is 45.8 Å². The van der Waals surface area contributed by atoms with E-state index in [4.69, 9.17) is 9.26 Å². The second kappa shape index (κ2) is 8.21. The molecule has 3 rings (SSSR count). The van der Waals surface area contributed by atoms with Crippen molar-refractivity contribution in [1.82, 2.24) is 14.4 Å². The Morgan fingerprint density at radius 3 is 2.66 bits per heavy atom. The zero-order chi connectivity index (χ0) is 21.3. The van der Waals surface area contributed by atoms with Crippen LogP contribution in [-0.4, -0.2) is 62.2 Å². The number of sulfonamides is 1. The summed E-state index contributed by atoms with van der Waals surface area (Å²) in [5.41, 5.74) is 1.87. The van der Waals surface area contributed by atoms with Crippen LogP contribution < -0.4 is 4.74 Å². The Labute approximate surface area is 174 Å². The summed E-state index contributed by atoms with van der Waals surface area (Å²) < 4.78 is 36.8. The molecular formula is C19H23N3O5S2. The van der Waals surface area contributed by atoms with Gasteiger partial charge in [0.25, 0.3) is 5.91 Å². The van der Waals surface area contributed by atoms with Gasteiger partial charge in [0.05, 0.1) is 17.8 Å². The van der Waals surface area contributed by atoms with E-state index >= 15 is 0 Å². The van der Waals surface area contributed by atoms with Crippen molar-refractivity contribution >= 4 is 33.8 Å². The zero-order valence-electron chi connectivity index (χ0n) is 16.9. The van der Waals surface area contributed by atoms with E-state index in [0.717, 1.165) is 26.3 Å². The minimum absolute atomic E-state index is 0.0426. The van der Waals surface area contributed by atoms with Gasteiger partial charge in [-0.3, -0.25) is 4.79 Å². The Morgan fingerprint density at radius 2 is 2.07 bits per heavy atom. The van der Waals surface area contributed by atoms with Crippen LogP contribution in [0.15, 0.2) is 32.6 Å². The summed E-state index contributed by atoms with van der Waals surface area (Å²) in [4.78, 5) is 14.8. The van der Waals surface area contributed by atoms with Crippen LogP contribution in [0.25, 0.3) is 6.08 Å². The molecule has 29 heavy (non-hydrogen) atoms. The van der Waals surface area contributed by atoms with Crippen LogP contribution in [0.3, 0.4) is 0 Å². The highest BCUT2D eigenvalue weighted by Gasteiger charge is 2.29. The molecule has 1 aliphatic rings. The fourth-order valence-electron chi connectivity index (χ4n) is 2.93. The van der Waals surface area contributed by atoms with Gasteiger partial charge >= 0.3 is 0 Å². The summed E-state index contributed by atoms with van der Waals surface area (Å²) >= 11 is 1.56. The highest BCUT2D eigenvalue weighted by Crippen LogP contribution is 2.34. The number of benzene rings is 1. The summed E-state index contributed by atoms with van der Waals surface area (Å²) in [6.45, 7) is 4.19. The molecule has 10 heteroatoms. The molecule has 0 aliphatic carbocycles. The number of aromatic nitrogens is 1. The first-order valence-electron chi connectivity index (χ1n) is 8.86. The molecule has 0 saturated carbocycles. The SMILES string of the molecule is COc1ccc(C(=O)N2CCS/C2=C/c2c(C)noc2C)cc1S(=O)(=O)N(C)C. The van der Waals surface area contributed by atoms with E-state index in [-0.39, 0.29) is 22.1 Å². The second-order valence-corrected chi connectivity index (χ2v) is 9.91. The van der Waals surface area contributed by atoms with Gasteiger partial charge in [-0.05, 0) is 38.1 Å². The molecule has 1 aliphatic heterocycles. The molecule has 2 heterocycles. The molecule has 0 atom stereocenters. The number of ether oxygens (including phenoxy) is 1. The number of carbonyl (C=O) groups is 1. The number of hydrogen-bond acceptors (Lipinski definition) is 7. The zero-order valence-corrected chi connectivity index (χ0v) is 18.6. The van der Waals surface area contributed by atoms with Crippen molar-refractivity contribution in [3.63, 3.8) is 0 Å². The lowest BCUT2D eigenvalue weighted by atomic mass is 10.1. The van der Waals surface area contributed by atoms with Crippen LogP contribution in [0, 0.1) is 13.8 Å². The van der Waals surface area contributed by atoms with Crippen LogP contribution in [0.1, 0.15) is 27.4 Å². The summed E-state index contributed by atoms with van der Waals surface area (Å²) in [5.74, 6) is 1.35. The number of thioether (sulfide) groups is 1. The molecule has 8 nitrogen and oxygen atoms in total. The first-order chi connectivity index (χ1) is 13.7. The van der Waals surface area contributed by atoms with Crippen molar-refractivity contribution < 1.29 is 22.5 Å². The van der Waals surface area contributed by atoms with E-state index in [1.807, 2.05) is 19.9 Å². The van der Waals surface area contributed by atoms with Gasteiger partial charge in [0, 0.05) is 37.5 Å². The van der Waals surface area contributed by atoms with Crippen LogP contribution in [0.5, 0.6) is 5.75 Å². The summed E-state index contributed by atoms with van der Waals surface area (Å²) in [5, 5.41) is 4.72. The van der Waals surface area contributed by atoms with Gasteiger partial charge in [0.2, 0.25) is 10.0 Å². The van der Waals surface area contributed by atoms with Crippen molar-refractivity contribution in [2.24, 2.45) is 0 Å². The number of hydrogen-bond donors (Lipinski definition) is 0. The Kier molecular flexibility index (Phi) is 6.06. The van der Waals surface area contributed by atoms with Gasteiger partial charge in [0.15, 0.2) is 0 Å². The van der Waals surface area contributed by atoms with E-state index in [9.17, 15) is 13.2 Å². The maximum atomic E-state index is 13.2. The summed E-state index contributed by atoms with van der Waals surface area (Å²) in [7, 11) is 0.499. The summed E-state index contributed by atoms with van der Waals surface area (Å²) in [6.07, 6.45) is 1.89. The molecule has 1 aromatic carbocycles. The van der Waals surface area contributed by atoms with Crippen molar-refractivity contribution in [3.8, 4) is 5.75 Å². The third-order valence-electron chi connectivity index (χ3n) is 4.60. The number of carbonyl (C=O) groups excluding carboxylic acids is 1. The minimum Gasteiger partial charge on any atom is -0.495 e. The molecule has 2 aromatic rings. The van der Waals surface area contributed by atoms with Gasteiger partial charge in [0.1, 0.15) is 16.4 Å². The average molecular weight is 438 g/mol. The van der Waals surface area contributed by atoms with Gasteiger partial charge in [-0.25, -0.2) is 12.7 Å². The van der Waals surface area contributed by atoms with Gasteiger partial charge in [-0.1, -0.05) is 5.16 Å². The lowest BCUT2D eigenvalue weighted by Gasteiger charge is -2.19. The fraction of sp³-hybridized carbons (Fsp3) is 0.368. The van der Waals surface area contributed by atoms with Crippen LogP contribution in [-0.2, 0) is 10.0 Å². The lowest BCUT2D eigenvalue weighted by molar-refractivity contribution is 0.0830. The largest absolute Gasteiger partial charge is 0.495 e. The van der Waals surface area contributed by atoms with E-state index < -0.39 is 10.0 Å². The maximum Gasteiger partial charge on any atom is 0.258 e. The minimum atomic E-state index is -3.77. The fourth-order valence-corrected chi connectivity index (χ4v) is 5.02. The normalized spacial score (nSPS) is 16.1. The molecule has 0 N–H and O–H groups in total. The van der Waals surface area contributed by atoms with E-state index in [1.165, 1.54) is 33.3 Å². The quantitative estimate of drug-likeness (QED) is 0.710.